The summed E-state index contributed by atoms with van der Waals surface area (Å²) < 4.78 is 0. The number of nitrogens with zero attached hydrogens (tertiary/aromatic N) is 2. The molecule has 1 atom stereocenters. The molecule has 1 aliphatic heterocycles. The van der Waals surface area contributed by atoms with Crippen LogP contribution in [0.1, 0.15) is 33.1 Å². The van der Waals surface area contributed by atoms with Crippen LogP contribution in [0, 0.1) is 5.92 Å². The smallest absolute Gasteiger partial charge is 0.346 e. The third-order valence-corrected chi connectivity index (χ3v) is 3.74. The first-order valence-corrected chi connectivity index (χ1v) is 5.27. The molecule has 14 heavy (non-hydrogen) atoms. The summed E-state index contributed by atoms with van der Waals surface area (Å²) in [5, 5.41) is 0. The van der Waals surface area contributed by atoms with Crippen LogP contribution in [0.25, 0.3) is 0 Å². The average molecular weight is 195 g/mol. The third-order valence-electron chi connectivity index (χ3n) is 3.74. The lowest BCUT2D eigenvalue weighted by Crippen LogP contribution is -2.58. The molecule has 2 amide bonds. The fourth-order valence-electron chi connectivity index (χ4n) is 2.48. The van der Waals surface area contributed by atoms with Gasteiger partial charge in [-0.05, 0) is 32.6 Å². The quantitative estimate of drug-likeness (QED) is 0.723. The van der Waals surface area contributed by atoms with Crippen LogP contribution in [0.5, 0.6) is 0 Å². The molecular weight excluding hydrogens is 178 g/mol. The van der Waals surface area contributed by atoms with Crippen molar-refractivity contribution in [1.29, 1.82) is 0 Å². The van der Waals surface area contributed by atoms with Gasteiger partial charge in [0.1, 0.15) is 11.4 Å². The Hall–Kier alpha value is -1.06. The van der Waals surface area contributed by atoms with E-state index in [1.54, 1.807) is 4.90 Å². The number of nitrogens with two attached hydrogens (primary N) is 1. The first-order valence-electron chi connectivity index (χ1n) is 5.27. The van der Waals surface area contributed by atoms with Gasteiger partial charge < -0.3 is 10.6 Å². The number of urea groups is 1. The zero-order chi connectivity index (χ0) is 10.3. The number of amidine groups is 1. The molecule has 0 bridgehead atoms. The van der Waals surface area contributed by atoms with E-state index >= 15 is 0 Å². The normalized spacial score (nSPS) is 33.1. The van der Waals surface area contributed by atoms with Gasteiger partial charge in [-0.25, -0.2) is 4.79 Å². The Morgan fingerprint density at radius 1 is 1.64 bits per heavy atom. The van der Waals surface area contributed by atoms with Crippen LogP contribution in [0.15, 0.2) is 4.99 Å². The third kappa shape index (κ3) is 0.996. The number of carbonyl (C=O) groups is 1. The van der Waals surface area contributed by atoms with Gasteiger partial charge in [-0.3, -0.25) is 0 Å². The number of likely N-dealkylation sites (N-methyl/N-ethyl adjacent to an activating group) is 1. The van der Waals surface area contributed by atoms with Crippen LogP contribution < -0.4 is 5.73 Å². The molecule has 1 aliphatic carbocycles. The fraction of sp³-hybridized carbons (Fsp3) is 0.800. The topological polar surface area (TPSA) is 58.7 Å². The summed E-state index contributed by atoms with van der Waals surface area (Å²) in [5.74, 6) is 1.02. The number of amides is 2. The highest BCUT2D eigenvalue weighted by molar-refractivity contribution is 6.05. The van der Waals surface area contributed by atoms with Crippen molar-refractivity contribution in [1.82, 2.24) is 4.90 Å². The SMILES string of the molecule is CCN1C(=O)N=C(N)C1(C)C1CCC1. The van der Waals surface area contributed by atoms with Crippen LogP contribution in [0.3, 0.4) is 0 Å². The van der Waals surface area contributed by atoms with Gasteiger partial charge in [0.25, 0.3) is 0 Å². The zero-order valence-corrected chi connectivity index (χ0v) is 8.79. The van der Waals surface area contributed by atoms with E-state index in [4.69, 9.17) is 5.73 Å². The minimum atomic E-state index is -0.302. The second-order valence-corrected chi connectivity index (χ2v) is 4.30. The fourth-order valence-corrected chi connectivity index (χ4v) is 2.48. The van der Waals surface area contributed by atoms with E-state index in [9.17, 15) is 4.79 Å². The van der Waals surface area contributed by atoms with Crippen LogP contribution in [0.4, 0.5) is 4.79 Å². The molecule has 1 heterocycles. The maximum absolute atomic E-state index is 11.5. The Bertz CT molecular complexity index is 296. The highest BCUT2D eigenvalue weighted by Crippen LogP contribution is 2.42. The van der Waals surface area contributed by atoms with E-state index in [0.717, 1.165) is 12.8 Å². The molecule has 2 N–H and O–H groups in total. The van der Waals surface area contributed by atoms with Crippen LogP contribution in [-0.2, 0) is 0 Å². The molecule has 4 nitrogen and oxygen atoms in total. The average Bonchev–Trinajstić information content (AvgIpc) is 2.20. The molecule has 2 aliphatic rings. The first kappa shape index (κ1) is 9.49. The summed E-state index contributed by atoms with van der Waals surface area (Å²) in [6, 6.07) is -0.167. The Balaban J connectivity index is 2.30. The first-order chi connectivity index (χ1) is 6.60. The summed E-state index contributed by atoms with van der Waals surface area (Å²) in [6.07, 6.45) is 3.58. The maximum atomic E-state index is 11.5. The molecule has 4 heteroatoms. The molecule has 78 valence electrons. The van der Waals surface area contributed by atoms with Gasteiger partial charge in [-0.15, -0.1) is 0 Å². The van der Waals surface area contributed by atoms with Crippen LogP contribution >= 0.6 is 0 Å². The van der Waals surface area contributed by atoms with Gasteiger partial charge in [0.05, 0.1) is 0 Å². The van der Waals surface area contributed by atoms with Gasteiger partial charge >= 0.3 is 6.03 Å². The number of rotatable bonds is 2. The minimum absolute atomic E-state index is 0.167. The number of carbonyl (C=O) groups excluding carboxylic acids is 1. The maximum Gasteiger partial charge on any atom is 0.346 e. The molecule has 1 fully saturated rings. The van der Waals surface area contributed by atoms with Crippen molar-refractivity contribution in [2.75, 3.05) is 6.54 Å². The molecular formula is C10H17N3O. The largest absolute Gasteiger partial charge is 0.385 e. The summed E-state index contributed by atoms with van der Waals surface area (Å²) in [6.45, 7) is 4.71. The predicted molar refractivity (Wildman–Crippen MR) is 55.1 cm³/mol. The molecule has 0 aromatic rings. The second-order valence-electron chi connectivity index (χ2n) is 4.30. The van der Waals surface area contributed by atoms with E-state index in [1.165, 1.54) is 6.42 Å². The lowest BCUT2D eigenvalue weighted by atomic mass is 9.70. The Morgan fingerprint density at radius 3 is 2.71 bits per heavy atom. The van der Waals surface area contributed by atoms with E-state index < -0.39 is 0 Å². The monoisotopic (exact) mass is 195 g/mol. The van der Waals surface area contributed by atoms with Crippen molar-refractivity contribution in [3.05, 3.63) is 0 Å². The summed E-state index contributed by atoms with van der Waals surface area (Å²) in [5.41, 5.74) is 5.57. The predicted octanol–water partition coefficient (Wildman–Crippen LogP) is 1.36. The van der Waals surface area contributed by atoms with E-state index in [0.29, 0.717) is 18.3 Å². The number of hydrogen-bond acceptors (Lipinski definition) is 2. The molecule has 1 unspecified atom stereocenters. The molecule has 0 radical (unpaired) electrons. The van der Waals surface area contributed by atoms with Crippen molar-refractivity contribution < 1.29 is 4.79 Å². The molecule has 0 spiro atoms. The standard InChI is InChI=1S/C10H17N3O/c1-3-13-9(14)12-8(11)10(13,2)7-5-4-6-7/h7H,3-6H2,1-2H3,(H2,11,12,14). The van der Waals surface area contributed by atoms with Crippen molar-refractivity contribution in [3.63, 3.8) is 0 Å². The molecule has 1 saturated carbocycles. The van der Waals surface area contributed by atoms with Crippen LogP contribution in [0.2, 0.25) is 0 Å². The van der Waals surface area contributed by atoms with Crippen LogP contribution in [-0.4, -0.2) is 28.9 Å². The Morgan fingerprint density at radius 2 is 2.29 bits per heavy atom. The van der Waals surface area contributed by atoms with E-state index in [2.05, 4.69) is 4.99 Å². The van der Waals surface area contributed by atoms with Gasteiger partial charge in [0.2, 0.25) is 0 Å². The lowest BCUT2D eigenvalue weighted by molar-refractivity contribution is 0.103. The molecule has 2 rings (SSSR count). The summed E-state index contributed by atoms with van der Waals surface area (Å²) in [4.78, 5) is 17.2. The van der Waals surface area contributed by atoms with Gasteiger partial charge in [0.15, 0.2) is 0 Å². The minimum Gasteiger partial charge on any atom is -0.385 e. The highest BCUT2D eigenvalue weighted by Gasteiger charge is 2.50. The van der Waals surface area contributed by atoms with E-state index in [-0.39, 0.29) is 11.6 Å². The number of hydrogen-bond donors (Lipinski definition) is 1. The zero-order valence-electron chi connectivity index (χ0n) is 8.79. The van der Waals surface area contributed by atoms with Gasteiger partial charge in [0, 0.05) is 6.54 Å². The van der Waals surface area contributed by atoms with E-state index in [1.807, 2.05) is 13.8 Å². The van der Waals surface area contributed by atoms with Crippen molar-refractivity contribution in [2.45, 2.75) is 38.6 Å². The highest BCUT2D eigenvalue weighted by atomic mass is 16.2. The van der Waals surface area contributed by atoms with Gasteiger partial charge in [-0.2, -0.15) is 4.99 Å². The van der Waals surface area contributed by atoms with Crippen molar-refractivity contribution >= 4 is 11.9 Å². The van der Waals surface area contributed by atoms with Crippen molar-refractivity contribution in [2.24, 2.45) is 16.6 Å². The Labute approximate surface area is 84.2 Å². The van der Waals surface area contributed by atoms with Gasteiger partial charge in [-0.1, -0.05) is 6.42 Å². The Kier molecular flexibility index (Phi) is 2.01. The molecule has 0 saturated heterocycles. The number of aliphatic imine (C=N–C) groups is 1. The van der Waals surface area contributed by atoms with Crippen molar-refractivity contribution in [3.8, 4) is 0 Å². The summed E-state index contributed by atoms with van der Waals surface area (Å²) in [7, 11) is 0. The second kappa shape index (κ2) is 2.97. The summed E-state index contributed by atoms with van der Waals surface area (Å²) >= 11 is 0. The molecule has 0 aromatic carbocycles. The lowest BCUT2D eigenvalue weighted by Gasteiger charge is -2.45. The molecule has 0 aromatic heterocycles.